The lowest BCUT2D eigenvalue weighted by Crippen LogP contribution is -2.47. The van der Waals surface area contributed by atoms with E-state index in [9.17, 15) is 18.4 Å². The summed E-state index contributed by atoms with van der Waals surface area (Å²) in [6.45, 7) is 5.11. The van der Waals surface area contributed by atoms with Crippen LogP contribution >= 0.6 is 0 Å². The molecule has 0 aliphatic rings. The average molecular weight is 299 g/mol. The van der Waals surface area contributed by atoms with Crippen LogP contribution in [0.4, 0.5) is 8.78 Å². The van der Waals surface area contributed by atoms with E-state index < -0.39 is 23.1 Å². The van der Waals surface area contributed by atoms with Crippen LogP contribution in [0.5, 0.6) is 0 Å². The van der Waals surface area contributed by atoms with E-state index in [-0.39, 0.29) is 18.1 Å². The Morgan fingerprint density at radius 2 is 1.95 bits per heavy atom. The Labute approximate surface area is 122 Å². The van der Waals surface area contributed by atoms with Crippen molar-refractivity contribution in [3.8, 4) is 0 Å². The Bertz CT molecular complexity index is 530. The highest BCUT2D eigenvalue weighted by atomic mass is 19.1. The van der Waals surface area contributed by atoms with E-state index in [1.165, 1.54) is 0 Å². The van der Waals surface area contributed by atoms with Crippen molar-refractivity contribution in [3.63, 3.8) is 0 Å². The number of benzene rings is 1. The van der Waals surface area contributed by atoms with Crippen molar-refractivity contribution in [2.24, 2.45) is 0 Å². The van der Waals surface area contributed by atoms with Gasteiger partial charge in [-0.15, -0.1) is 0 Å². The summed E-state index contributed by atoms with van der Waals surface area (Å²) >= 11 is 0. The summed E-state index contributed by atoms with van der Waals surface area (Å²) in [5.74, 6) is -2.74. The smallest absolute Gasteiger partial charge is 0.305 e. The molecule has 0 fully saturated rings. The molecule has 0 aliphatic carbocycles. The van der Waals surface area contributed by atoms with Crippen LogP contribution in [-0.4, -0.2) is 24.0 Å². The van der Waals surface area contributed by atoms with E-state index in [4.69, 9.17) is 4.74 Å². The summed E-state index contributed by atoms with van der Waals surface area (Å²) in [7, 11) is 0. The lowest BCUT2D eigenvalue weighted by Gasteiger charge is -2.26. The van der Waals surface area contributed by atoms with Crippen LogP contribution in [0.25, 0.3) is 0 Å². The largest absolute Gasteiger partial charge is 0.463 e. The molecular formula is C15H19F2NO3. The summed E-state index contributed by atoms with van der Waals surface area (Å²) in [6, 6.07) is 2.72. The number of rotatable bonds is 6. The monoisotopic (exact) mass is 299 g/mol. The van der Waals surface area contributed by atoms with Gasteiger partial charge in [-0.25, -0.2) is 8.78 Å². The molecule has 0 aromatic heterocycles. The highest BCUT2D eigenvalue weighted by molar-refractivity contribution is 5.94. The molecule has 0 saturated carbocycles. The molecule has 0 spiro atoms. The highest BCUT2D eigenvalue weighted by Crippen LogP contribution is 2.12. The van der Waals surface area contributed by atoms with Gasteiger partial charge in [-0.1, -0.05) is 6.92 Å². The minimum absolute atomic E-state index is 0.0274. The van der Waals surface area contributed by atoms with E-state index in [0.717, 1.165) is 12.1 Å². The van der Waals surface area contributed by atoms with Gasteiger partial charge in [0.25, 0.3) is 5.91 Å². The Balaban J connectivity index is 2.65. The first-order chi connectivity index (χ1) is 9.75. The van der Waals surface area contributed by atoms with Crippen molar-refractivity contribution in [3.05, 3.63) is 35.4 Å². The van der Waals surface area contributed by atoms with Gasteiger partial charge < -0.3 is 10.1 Å². The number of hydrogen-bond donors (Lipinski definition) is 1. The molecule has 1 aromatic carbocycles. The molecule has 6 heteroatoms. The maximum absolute atomic E-state index is 13.5. The Morgan fingerprint density at radius 3 is 2.52 bits per heavy atom. The molecule has 4 nitrogen and oxygen atoms in total. The molecule has 1 aromatic rings. The molecule has 0 unspecified atom stereocenters. The first-order valence-electron chi connectivity index (χ1n) is 6.68. The van der Waals surface area contributed by atoms with Gasteiger partial charge >= 0.3 is 5.97 Å². The third-order valence-corrected chi connectivity index (χ3v) is 2.68. The first-order valence-corrected chi connectivity index (χ1v) is 6.68. The second kappa shape index (κ2) is 7.15. The topological polar surface area (TPSA) is 55.4 Å². The number of amides is 1. The summed E-state index contributed by atoms with van der Waals surface area (Å²) in [6.07, 6.45) is 0.975. The first kappa shape index (κ1) is 17.1. The van der Waals surface area contributed by atoms with Crippen molar-refractivity contribution in [2.45, 2.75) is 39.2 Å². The second-order valence-corrected chi connectivity index (χ2v) is 5.37. The van der Waals surface area contributed by atoms with E-state index in [1.54, 1.807) is 13.8 Å². The fourth-order valence-electron chi connectivity index (χ4n) is 1.62. The fourth-order valence-corrected chi connectivity index (χ4v) is 1.62. The third-order valence-electron chi connectivity index (χ3n) is 2.68. The molecule has 0 saturated heterocycles. The maximum atomic E-state index is 13.5. The third kappa shape index (κ3) is 5.49. The minimum Gasteiger partial charge on any atom is -0.463 e. The van der Waals surface area contributed by atoms with E-state index in [2.05, 4.69) is 5.32 Å². The molecule has 1 amide bonds. The summed E-state index contributed by atoms with van der Waals surface area (Å²) in [4.78, 5) is 23.2. The number of esters is 1. The van der Waals surface area contributed by atoms with Crippen LogP contribution in [-0.2, 0) is 9.53 Å². The summed E-state index contributed by atoms with van der Waals surface area (Å²) < 4.78 is 31.3. The fraction of sp³-hybridized carbons (Fsp3) is 0.467. The van der Waals surface area contributed by atoms with Gasteiger partial charge in [0.05, 0.1) is 11.1 Å². The number of carbonyl (C=O) groups excluding carboxylic acids is 2. The van der Waals surface area contributed by atoms with Crippen molar-refractivity contribution >= 4 is 11.9 Å². The van der Waals surface area contributed by atoms with Gasteiger partial charge in [-0.05, 0) is 32.4 Å². The van der Waals surface area contributed by atoms with Crippen LogP contribution < -0.4 is 5.32 Å². The van der Waals surface area contributed by atoms with Gasteiger partial charge in [-0.2, -0.15) is 0 Å². The number of hydrogen-bond acceptors (Lipinski definition) is 3. The molecule has 0 radical (unpaired) electrons. The van der Waals surface area contributed by atoms with Crippen molar-refractivity contribution < 1.29 is 23.1 Å². The Hall–Kier alpha value is -1.98. The normalized spacial score (nSPS) is 11.1. The maximum Gasteiger partial charge on any atom is 0.305 e. The van der Waals surface area contributed by atoms with Gasteiger partial charge in [0, 0.05) is 12.5 Å². The lowest BCUT2D eigenvalue weighted by molar-refractivity contribution is -0.145. The van der Waals surface area contributed by atoms with Crippen LogP contribution in [0.1, 0.15) is 44.0 Å². The number of carbonyl (C=O) groups is 2. The van der Waals surface area contributed by atoms with E-state index >= 15 is 0 Å². The second-order valence-electron chi connectivity index (χ2n) is 5.37. The van der Waals surface area contributed by atoms with Crippen LogP contribution in [0.3, 0.4) is 0 Å². The highest BCUT2D eigenvalue weighted by Gasteiger charge is 2.24. The zero-order valence-electron chi connectivity index (χ0n) is 12.3. The Kier molecular flexibility index (Phi) is 5.81. The Morgan fingerprint density at radius 1 is 1.29 bits per heavy atom. The number of halogens is 2. The number of ether oxygens (including phenoxy) is 1. The molecule has 0 bridgehead atoms. The summed E-state index contributed by atoms with van der Waals surface area (Å²) in [5, 5.41) is 2.55. The molecule has 0 heterocycles. The van der Waals surface area contributed by atoms with Crippen LogP contribution in [0.2, 0.25) is 0 Å². The number of nitrogens with one attached hydrogen (secondary N) is 1. The lowest BCUT2D eigenvalue weighted by atomic mass is 10.1. The SMILES string of the molecule is CCCC(=O)OCC(C)(C)NC(=O)c1ccc(F)cc1F. The van der Waals surface area contributed by atoms with Gasteiger partial charge in [0.1, 0.15) is 18.2 Å². The molecule has 1 N–H and O–H groups in total. The van der Waals surface area contributed by atoms with Crippen molar-refractivity contribution in [1.82, 2.24) is 5.32 Å². The minimum atomic E-state index is -0.939. The van der Waals surface area contributed by atoms with E-state index in [1.807, 2.05) is 6.92 Å². The average Bonchev–Trinajstić information content (AvgIpc) is 2.36. The molecular weight excluding hydrogens is 280 g/mol. The van der Waals surface area contributed by atoms with E-state index in [0.29, 0.717) is 18.9 Å². The van der Waals surface area contributed by atoms with Gasteiger partial charge in [0.15, 0.2) is 0 Å². The molecule has 0 aliphatic heterocycles. The van der Waals surface area contributed by atoms with Gasteiger partial charge in [-0.3, -0.25) is 9.59 Å². The molecule has 1 rings (SSSR count). The quantitative estimate of drug-likeness (QED) is 0.822. The zero-order chi connectivity index (χ0) is 16.0. The predicted molar refractivity (Wildman–Crippen MR) is 73.8 cm³/mol. The van der Waals surface area contributed by atoms with Crippen molar-refractivity contribution in [1.29, 1.82) is 0 Å². The zero-order valence-corrected chi connectivity index (χ0v) is 12.3. The van der Waals surface area contributed by atoms with Crippen molar-refractivity contribution in [2.75, 3.05) is 6.61 Å². The molecule has 116 valence electrons. The van der Waals surface area contributed by atoms with Gasteiger partial charge in [0.2, 0.25) is 0 Å². The summed E-state index contributed by atoms with van der Waals surface area (Å²) in [5.41, 5.74) is -1.12. The predicted octanol–water partition coefficient (Wildman–Crippen LogP) is 2.82. The molecule has 21 heavy (non-hydrogen) atoms. The van der Waals surface area contributed by atoms with Crippen LogP contribution in [0.15, 0.2) is 18.2 Å². The molecule has 0 atom stereocenters. The standard InChI is InChI=1S/C15H19F2NO3/c1-4-5-13(19)21-9-15(2,3)18-14(20)11-7-6-10(16)8-12(11)17/h6-8H,4-5,9H2,1-3H3,(H,18,20). The van der Waals surface area contributed by atoms with Crippen LogP contribution in [0, 0.1) is 11.6 Å².